The number of aliphatic hydroxyl groups is 1. The molecule has 1 aliphatic rings. The first kappa shape index (κ1) is 18.7. The van der Waals surface area contributed by atoms with Gasteiger partial charge in [0.2, 0.25) is 0 Å². The monoisotopic (exact) mass is 364 g/mol. The van der Waals surface area contributed by atoms with Crippen molar-refractivity contribution in [3.05, 3.63) is 41.8 Å². The number of hydrogen-bond donors (Lipinski definition) is 1. The summed E-state index contributed by atoms with van der Waals surface area (Å²) < 4.78 is 1.52. The molecule has 1 saturated heterocycles. The Labute approximate surface area is 166 Å². The Balaban J connectivity index is 0.00000196. The molecule has 0 unspecified atom stereocenters. The van der Waals surface area contributed by atoms with Crippen molar-refractivity contribution in [3.63, 3.8) is 0 Å². The molecule has 1 fully saturated rings. The Hall–Kier alpha value is -2.04. The summed E-state index contributed by atoms with van der Waals surface area (Å²) in [6.45, 7) is 0.625. The normalized spacial score (nSPS) is 14.2. The van der Waals surface area contributed by atoms with E-state index in [0.29, 0.717) is 35.0 Å². The third kappa shape index (κ3) is 3.19. The molecule has 0 atom stereocenters. The van der Waals surface area contributed by atoms with E-state index in [-0.39, 0.29) is 31.5 Å². The van der Waals surface area contributed by atoms with E-state index in [0.717, 1.165) is 11.1 Å². The largest absolute Gasteiger partial charge is 1.00 e. The van der Waals surface area contributed by atoms with Gasteiger partial charge in [-0.2, -0.15) is 0 Å². The molecule has 9 heteroatoms. The van der Waals surface area contributed by atoms with E-state index in [1.165, 1.54) is 10.9 Å². The number of rotatable bonds is 4. The molecule has 0 amide bonds. The second-order valence-electron chi connectivity index (χ2n) is 5.98. The average molecular weight is 365 g/mol. The standard InChI is InChI=1S/C17H15ClN4O3.Li/c18-13-4-2-1-3-11(13)12-7-22(8-14(24)25)17-15(12)16(19-9-20-17)21-5-10(23)6-21;/h1-4,7,9-10,23H,5-6,8H2,(H,24,25);/q;+1/p-1. The SMILES string of the molecule is O=C([O-])Cn1cc(-c2ccccc2Cl)c2c(N3CC(O)C3)ncnc21.[Li+]. The number of carboxylic acids is 1. The van der Waals surface area contributed by atoms with Gasteiger partial charge in [-0.1, -0.05) is 29.8 Å². The van der Waals surface area contributed by atoms with E-state index in [1.54, 1.807) is 12.3 Å². The van der Waals surface area contributed by atoms with Crippen LogP contribution in [-0.4, -0.2) is 44.8 Å². The van der Waals surface area contributed by atoms with Crippen LogP contribution in [0.3, 0.4) is 0 Å². The second kappa shape index (κ2) is 7.29. The van der Waals surface area contributed by atoms with Crippen molar-refractivity contribution in [2.75, 3.05) is 18.0 Å². The fraction of sp³-hybridized carbons (Fsp3) is 0.235. The quantitative estimate of drug-likeness (QED) is 0.523. The van der Waals surface area contributed by atoms with E-state index >= 15 is 0 Å². The summed E-state index contributed by atoms with van der Waals surface area (Å²) in [5, 5.41) is 22.0. The molecular formula is C17H14ClLiN4O3. The van der Waals surface area contributed by atoms with Crippen molar-refractivity contribution in [2.45, 2.75) is 12.6 Å². The fourth-order valence-corrected chi connectivity index (χ4v) is 3.36. The van der Waals surface area contributed by atoms with Gasteiger partial charge in [-0.15, -0.1) is 0 Å². The summed E-state index contributed by atoms with van der Waals surface area (Å²) >= 11 is 6.34. The Morgan fingerprint density at radius 3 is 2.65 bits per heavy atom. The molecule has 128 valence electrons. The number of benzene rings is 1. The zero-order chi connectivity index (χ0) is 17.6. The number of nitrogens with zero attached hydrogens (tertiary/aromatic N) is 4. The minimum atomic E-state index is -1.21. The predicted molar refractivity (Wildman–Crippen MR) is 91.2 cm³/mol. The van der Waals surface area contributed by atoms with Crippen molar-refractivity contribution in [1.82, 2.24) is 14.5 Å². The zero-order valence-corrected chi connectivity index (χ0v) is 14.8. The molecule has 0 radical (unpaired) electrons. The summed E-state index contributed by atoms with van der Waals surface area (Å²) in [6, 6.07) is 7.33. The van der Waals surface area contributed by atoms with Crippen molar-refractivity contribution in [3.8, 4) is 11.1 Å². The van der Waals surface area contributed by atoms with Crippen LogP contribution in [0.1, 0.15) is 0 Å². The summed E-state index contributed by atoms with van der Waals surface area (Å²) in [7, 11) is 0. The first-order chi connectivity index (χ1) is 12.0. The average Bonchev–Trinajstić information content (AvgIpc) is 2.90. The van der Waals surface area contributed by atoms with Gasteiger partial charge in [-0.05, 0) is 6.07 Å². The van der Waals surface area contributed by atoms with Crippen molar-refractivity contribution < 1.29 is 33.9 Å². The minimum absolute atomic E-state index is 0. The molecule has 1 aliphatic heterocycles. The van der Waals surface area contributed by atoms with E-state index in [4.69, 9.17) is 11.6 Å². The molecule has 26 heavy (non-hydrogen) atoms. The number of aliphatic hydroxyl groups excluding tert-OH is 1. The van der Waals surface area contributed by atoms with Crippen LogP contribution in [0, 0.1) is 0 Å². The van der Waals surface area contributed by atoms with E-state index in [2.05, 4.69) is 9.97 Å². The second-order valence-corrected chi connectivity index (χ2v) is 6.38. The topological polar surface area (TPSA) is 94.3 Å². The van der Waals surface area contributed by atoms with Gasteiger partial charge in [0.1, 0.15) is 17.8 Å². The third-order valence-corrected chi connectivity index (χ3v) is 4.59. The number of aliphatic carboxylic acids is 1. The van der Waals surface area contributed by atoms with Crippen LogP contribution in [0.4, 0.5) is 5.82 Å². The van der Waals surface area contributed by atoms with Crippen LogP contribution in [-0.2, 0) is 11.3 Å². The smallest absolute Gasteiger partial charge is 0.548 e. The van der Waals surface area contributed by atoms with Crippen LogP contribution in [0.2, 0.25) is 5.02 Å². The van der Waals surface area contributed by atoms with Crippen LogP contribution in [0.25, 0.3) is 22.2 Å². The number of hydrogen-bond acceptors (Lipinski definition) is 6. The molecule has 3 heterocycles. The number of carboxylic acid groups (broad SMARTS) is 1. The summed E-state index contributed by atoms with van der Waals surface area (Å²) in [6.07, 6.45) is 2.71. The maximum atomic E-state index is 11.1. The van der Waals surface area contributed by atoms with Crippen LogP contribution in [0.15, 0.2) is 36.8 Å². The Bertz CT molecular complexity index is 972. The van der Waals surface area contributed by atoms with Gasteiger partial charge >= 0.3 is 18.9 Å². The van der Waals surface area contributed by atoms with E-state index in [9.17, 15) is 15.0 Å². The molecule has 7 nitrogen and oxygen atoms in total. The summed E-state index contributed by atoms with van der Waals surface area (Å²) in [5.74, 6) is -0.551. The summed E-state index contributed by atoms with van der Waals surface area (Å²) in [5.41, 5.74) is 2.01. The predicted octanol–water partition coefficient (Wildman–Crippen LogP) is -2.31. The van der Waals surface area contributed by atoms with E-state index in [1.807, 2.05) is 23.1 Å². The maximum absolute atomic E-state index is 11.1. The first-order valence-electron chi connectivity index (χ1n) is 7.76. The zero-order valence-electron chi connectivity index (χ0n) is 14.1. The van der Waals surface area contributed by atoms with Gasteiger partial charge in [0.15, 0.2) is 0 Å². The number of carbonyl (C=O) groups is 1. The molecule has 0 bridgehead atoms. The molecule has 3 aromatic rings. The van der Waals surface area contributed by atoms with Crippen LogP contribution in [0.5, 0.6) is 0 Å². The van der Waals surface area contributed by atoms with E-state index < -0.39 is 5.97 Å². The minimum Gasteiger partial charge on any atom is -0.548 e. The van der Waals surface area contributed by atoms with Gasteiger partial charge in [-0.25, -0.2) is 9.97 Å². The molecule has 4 rings (SSSR count). The molecule has 2 aromatic heterocycles. The number of fused-ring (bicyclic) bond motifs is 1. The first-order valence-corrected chi connectivity index (χ1v) is 8.14. The van der Waals surface area contributed by atoms with Gasteiger partial charge in [-0.3, -0.25) is 0 Å². The summed E-state index contributed by atoms with van der Waals surface area (Å²) in [4.78, 5) is 21.7. The number of carbonyl (C=O) groups excluding carboxylic acids is 1. The number of anilines is 1. The molecule has 0 spiro atoms. The fourth-order valence-electron chi connectivity index (χ4n) is 3.12. The van der Waals surface area contributed by atoms with Crippen molar-refractivity contribution >= 4 is 34.4 Å². The Morgan fingerprint density at radius 1 is 1.27 bits per heavy atom. The van der Waals surface area contributed by atoms with Crippen LogP contribution < -0.4 is 28.9 Å². The number of aromatic nitrogens is 3. The van der Waals surface area contributed by atoms with Gasteiger partial charge in [0, 0.05) is 35.4 Å². The van der Waals surface area contributed by atoms with Gasteiger partial charge < -0.3 is 24.5 Å². The molecule has 1 aromatic carbocycles. The maximum Gasteiger partial charge on any atom is 1.00 e. The molecule has 0 saturated carbocycles. The molecular weight excluding hydrogens is 351 g/mol. The van der Waals surface area contributed by atoms with Gasteiger partial charge in [0.25, 0.3) is 0 Å². The molecule has 0 aliphatic carbocycles. The third-order valence-electron chi connectivity index (χ3n) is 4.26. The molecule has 1 N–H and O–H groups in total. The van der Waals surface area contributed by atoms with Crippen LogP contribution >= 0.6 is 11.6 Å². The van der Waals surface area contributed by atoms with Gasteiger partial charge in [0.05, 0.1) is 24.0 Å². The van der Waals surface area contributed by atoms with Crippen molar-refractivity contribution in [2.24, 2.45) is 0 Å². The number of halogens is 1. The van der Waals surface area contributed by atoms with Crippen molar-refractivity contribution in [1.29, 1.82) is 0 Å². The number of β-amino-alcohol motifs (C(OH)–C–C–N with tert-alkyl or cyclic N) is 1. The Kier molecular flexibility index (Phi) is 5.26. The Morgan fingerprint density at radius 2 is 2.00 bits per heavy atom.